The molecule has 0 heterocycles. The molecule has 0 saturated heterocycles. The maximum Gasteiger partial charge on any atom is 0.253 e. The van der Waals surface area contributed by atoms with E-state index in [1.165, 1.54) is 0 Å². The molecule has 1 aromatic carbocycles. The minimum Gasteiger partial charge on any atom is -0.398 e. The number of unbranched alkanes of at least 4 members (excludes halogenated alkanes) is 1. The van der Waals surface area contributed by atoms with E-state index in [0.717, 1.165) is 23.1 Å². The van der Waals surface area contributed by atoms with Crippen LogP contribution in [0.3, 0.4) is 0 Å². The molecule has 5 heteroatoms. The number of hydrogen-bond acceptors (Lipinski definition) is 3. The van der Waals surface area contributed by atoms with Crippen molar-refractivity contribution < 1.29 is 4.79 Å². The molecular formula is C12H17BrN2OS. The molecule has 0 spiro atoms. The highest BCUT2D eigenvalue weighted by Gasteiger charge is 2.08. The third kappa shape index (κ3) is 5.00. The van der Waals surface area contributed by atoms with Crippen LogP contribution in [0.5, 0.6) is 0 Å². The van der Waals surface area contributed by atoms with E-state index in [4.69, 9.17) is 5.73 Å². The lowest BCUT2D eigenvalue weighted by Gasteiger charge is -2.07. The predicted octanol–water partition coefficient (Wildman–Crippen LogP) is 2.90. The summed E-state index contributed by atoms with van der Waals surface area (Å²) in [6.07, 6.45) is 4.21. The van der Waals surface area contributed by atoms with Crippen molar-refractivity contribution in [1.29, 1.82) is 0 Å². The number of carbonyl (C=O) groups excluding carboxylic acids is 1. The number of halogens is 1. The molecule has 94 valence electrons. The van der Waals surface area contributed by atoms with Crippen LogP contribution in [0, 0.1) is 0 Å². The monoisotopic (exact) mass is 316 g/mol. The molecule has 0 atom stereocenters. The summed E-state index contributed by atoms with van der Waals surface area (Å²) in [6.45, 7) is 0.703. The number of nitrogens with two attached hydrogens (primary N) is 1. The van der Waals surface area contributed by atoms with Gasteiger partial charge in [0.1, 0.15) is 0 Å². The van der Waals surface area contributed by atoms with Crippen molar-refractivity contribution in [2.75, 3.05) is 24.3 Å². The number of amides is 1. The molecule has 0 aliphatic heterocycles. The number of nitrogens with one attached hydrogen (secondary N) is 1. The van der Waals surface area contributed by atoms with Gasteiger partial charge < -0.3 is 11.1 Å². The van der Waals surface area contributed by atoms with Crippen molar-refractivity contribution in [3.63, 3.8) is 0 Å². The topological polar surface area (TPSA) is 55.1 Å². The minimum absolute atomic E-state index is 0.0980. The number of thioether (sulfide) groups is 1. The summed E-state index contributed by atoms with van der Waals surface area (Å²) in [5.41, 5.74) is 6.82. The van der Waals surface area contributed by atoms with Crippen LogP contribution >= 0.6 is 27.7 Å². The van der Waals surface area contributed by atoms with Gasteiger partial charge in [-0.3, -0.25) is 4.79 Å². The number of carbonyl (C=O) groups is 1. The Bertz CT molecular complexity index is 385. The highest BCUT2D eigenvalue weighted by atomic mass is 79.9. The van der Waals surface area contributed by atoms with Gasteiger partial charge in [-0.15, -0.1) is 0 Å². The quantitative estimate of drug-likeness (QED) is 0.626. The van der Waals surface area contributed by atoms with Gasteiger partial charge in [0.25, 0.3) is 5.91 Å². The molecule has 1 rings (SSSR count). The van der Waals surface area contributed by atoms with Crippen LogP contribution in [-0.2, 0) is 0 Å². The molecule has 0 unspecified atom stereocenters. The first-order valence-corrected chi connectivity index (χ1v) is 7.66. The zero-order chi connectivity index (χ0) is 12.7. The Morgan fingerprint density at radius 3 is 2.88 bits per heavy atom. The summed E-state index contributed by atoms with van der Waals surface area (Å²) in [7, 11) is 0. The highest BCUT2D eigenvalue weighted by Crippen LogP contribution is 2.18. The van der Waals surface area contributed by atoms with Crippen LogP contribution in [0.25, 0.3) is 0 Å². The second kappa shape index (κ2) is 7.61. The number of nitrogen functional groups attached to an aromatic ring is 1. The molecule has 1 amide bonds. The number of rotatable bonds is 6. The molecule has 1 aromatic rings. The molecule has 0 fully saturated rings. The maximum atomic E-state index is 11.8. The summed E-state index contributed by atoms with van der Waals surface area (Å²) in [6, 6.07) is 5.29. The van der Waals surface area contributed by atoms with Crippen molar-refractivity contribution in [1.82, 2.24) is 5.32 Å². The fourth-order valence-electron chi connectivity index (χ4n) is 1.41. The molecule has 0 bridgehead atoms. The van der Waals surface area contributed by atoms with Crippen molar-refractivity contribution in [3.8, 4) is 0 Å². The molecule has 3 N–H and O–H groups in total. The van der Waals surface area contributed by atoms with Crippen molar-refractivity contribution in [3.05, 3.63) is 28.2 Å². The SMILES string of the molecule is CSCCCCNC(=O)c1ccc(Br)cc1N. The van der Waals surface area contributed by atoms with E-state index in [0.29, 0.717) is 17.8 Å². The first kappa shape index (κ1) is 14.4. The normalized spacial score (nSPS) is 10.2. The number of benzene rings is 1. The second-order valence-corrected chi connectivity index (χ2v) is 5.59. The van der Waals surface area contributed by atoms with Crippen molar-refractivity contribution in [2.24, 2.45) is 0 Å². The molecule has 0 saturated carbocycles. The van der Waals surface area contributed by atoms with Crippen LogP contribution in [-0.4, -0.2) is 24.5 Å². The van der Waals surface area contributed by atoms with Gasteiger partial charge in [-0.05, 0) is 43.0 Å². The van der Waals surface area contributed by atoms with E-state index >= 15 is 0 Å². The van der Waals surface area contributed by atoms with Crippen LogP contribution in [0.15, 0.2) is 22.7 Å². The van der Waals surface area contributed by atoms with Gasteiger partial charge in [-0.2, -0.15) is 11.8 Å². The molecule has 0 radical (unpaired) electrons. The van der Waals surface area contributed by atoms with Gasteiger partial charge in [0.05, 0.1) is 5.56 Å². The number of hydrogen-bond donors (Lipinski definition) is 2. The molecular weight excluding hydrogens is 300 g/mol. The standard InChI is InChI=1S/C12H17BrN2OS/c1-17-7-3-2-6-15-12(16)10-5-4-9(13)8-11(10)14/h4-5,8H,2-3,6-7,14H2,1H3,(H,15,16). The molecule has 3 nitrogen and oxygen atoms in total. The van der Waals surface area contributed by atoms with Crippen LogP contribution < -0.4 is 11.1 Å². The zero-order valence-electron chi connectivity index (χ0n) is 9.83. The van der Waals surface area contributed by atoms with Crippen LogP contribution in [0.2, 0.25) is 0 Å². The van der Waals surface area contributed by atoms with Crippen molar-refractivity contribution in [2.45, 2.75) is 12.8 Å². The summed E-state index contributed by atoms with van der Waals surface area (Å²) < 4.78 is 0.881. The van der Waals surface area contributed by atoms with E-state index < -0.39 is 0 Å². The molecule has 17 heavy (non-hydrogen) atoms. The fraction of sp³-hybridized carbons (Fsp3) is 0.417. The van der Waals surface area contributed by atoms with Gasteiger partial charge in [-0.1, -0.05) is 15.9 Å². The molecule has 0 aliphatic carbocycles. The van der Waals surface area contributed by atoms with Crippen LogP contribution in [0.1, 0.15) is 23.2 Å². The predicted molar refractivity (Wildman–Crippen MR) is 78.5 cm³/mol. The van der Waals surface area contributed by atoms with Gasteiger partial charge in [0.2, 0.25) is 0 Å². The second-order valence-electron chi connectivity index (χ2n) is 3.69. The van der Waals surface area contributed by atoms with E-state index in [2.05, 4.69) is 27.5 Å². The minimum atomic E-state index is -0.0980. The average Bonchev–Trinajstić information content (AvgIpc) is 2.28. The van der Waals surface area contributed by atoms with E-state index in [-0.39, 0.29) is 5.91 Å². The van der Waals surface area contributed by atoms with Gasteiger partial charge in [0, 0.05) is 16.7 Å². The van der Waals surface area contributed by atoms with Crippen molar-refractivity contribution >= 4 is 39.3 Å². The summed E-state index contributed by atoms with van der Waals surface area (Å²) in [5, 5.41) is 2.87. The number of anilines is 1. The third-order valence-corrected chi connectivity index (χ3v) is 3.51. The first-order valence-electron chi connectivity index (χ1n) is 5.47. The highest BCUT2D eigenvalue weighted by molar-refractivity contribution is 9.10. The lowest BCUT2D eigenvalue weighted by Crippen LogP contribution is -2.25. The lowest BCUT2D eigenvalue weighted by molar-refractivity contribution is 0.0954. The van der Waals surface area contributed by atoms with E-state index in [1.54, 1.807) is 12.1 Å². The van der Waals surface area contributed by atoms with Gasteiger partial charge in [-0.25, -0.2) is 0 Å². The molecule has 0 aliphatic rings. The zero-order valence-corrected chi connectivity index (χ0v) is 12.2. The Morgan fingerprint density at radius 1 is 1.47 bits per heavy atom. The van der Waals surface area contributed by atoms with Crippen LogP contribution in [0.4, 0.5) is 5.69 Å². The Kier molecular flexibility index (Phi) is 6.44. The largest absolute Gasteiger partial charge is 0.398 e. The Labute approximate surface area is 115 Å². The van der Waals surface area contributed by atoms with Gasteiger partial charge >= 0.3 is 0 Å². The van der Waals surface area contributed by atoms with Gasteiger partial charge in [0.15, 0.2) is 0 Å². The maximum absolute atomic E-state index is 11.8. The summed E-state index contributed by atoms with van der Waals surface area (Å²) in [4.78, 5) is 11.8. The summed E-state index contributed by atoms with van der Waals surface area (Å²) >= 11 is 5.14. The smallest absolute Gasteiger partial charge is 0.253 e. The Morgan fingerprint density at radius 2 is 2.24 bits per heavy atom. The molecule has 0 aromatic heterocycles. The Balaban J connectivity index is 2.42. The van der Waals surface area contributed by atoms with E-state index in [1.807, 2.05) is 17.8 Å². The third-order valence-electron chi connectivity index (χ3n) is 2.32. The summed E-state index contributed by atoms with van der Waals surface area (Å²) in [5.74, 6) is 1.04. The Hall–Kier alpha value is -0.680. The average molecular weight is 317 g/mol. The first-order chi connectivity index (χ1) is 8.15. The van der Waals surface area contributed by atoms with E-state index in [9.17, 15) is 4.79 Å². The lowest BCUT2D eigenvalue weighted by atomic mass is 10.1. The fourth-order valence-corrected chi connectivity index (χ4v) is 2.28.